The van der Waals surface area contributed by atoms with Gasteiger partial charge in [0.15, 0.2) is 5.82 Å². The first-order valence-corrected chi connectivity index (χ1v) is 13.4. The van der Waals surface area contributed by atoms with Crippen LogP contribution in [-0.4, -0.2) is 93.5 Å². The van der Waals surface area contributed by atoms with E-state index in [2.05, 4.69) is 22.2 Å². The second-order valence-electron chi connectivity index (χ2n) is 9.52. The first-order chi connectivity index (χ1) is 19.8. The number of hydrogen-bond donors (Lipinski definition) is 2. The van der Waals surface area contributed by atoms with E-state index in [0.717, 1.165) is 5.39 Å². The zero-order valence-electron chi connectivity index (χ0n) is 23.0. The van der Waals surface area contributed by atoms with E-state index < -0.39 is 5.79 Å². The van der Waals surface area contributed by atoms with Gasteiger partial charge in [0.1, 0.15) is 23.1 Å². The van der Waals surface area contributed by atoms with Gasteiger partial charge >= 0.3 is 0 Å². The van der Waals surface area contributed by atoms with Crippen LogP contribution in [0.2, 0.25) is 10.0 Å². The van der Waals surface area contributed by atoms with Gasteiger partial charge in [-0.2, -0.15) is 0 Å². The van der Waals surface area contributed by atoms with E-state index >= 15 is 0 Å². The van der Waals surface area contributed by atoms with E-state index in [0.29, 0.717) is 60.5 Å². The molecule has 218 valence electrons. The molecule has 0 aliphatic carbocycles. The summed E-state index contributed by atoms with van der Waals surface area (Å²) >= 11 is 13.4. The molecule has 12 nitrogen and oxygen atoms in total. The molecule has 3 aromatic rings. The third-order valence-electron chi connectivity index (χ3n) is 7.19. The molecule has 1 aromatic carbocycles. The van der Waals surface area contributed by atoms with Gasteiger partial charge in [0.2, 0.25) is 11.7 Å². The van der Waals surface area contributed by atoms with Crippen molar-refractivity contribution in [3.63, 3.8) is 0 Å². The highest BCUT2D eigenvalue weighted by Crippen LogP contribution is 2.46. The molecular weight excluding hydrogens is 575 g/mol. The van der Waals surface area contributed by atoms with Gasteiger partial charge in [0, 0.05) is 25.7 Å². The predicted octanol–water partition coefficient (Wildman–Crippen LogP) is 3.31. The quantitative estimate of drug-likeness (QED) is 0.261. The molecule has 2 saturated heterocycles. The lowest BCUT2D eigenvalue weighted by atomic mass is 10.1. The number of nitrogens with zero attached hydrogens (tertiary/aromatic N) is 4. The van der Waals surface area contributed by atoms with Crippen molar-refractivity contribution in [3.8, 4) is 22.9 Å². The molecule has 1 amide bonds. The summed E-state index contributed by atoms with van der Waals surface area (Å²) in [6, 6.07) is 3.01. The van der Waals surface area contributed by atoms with E-state index in [1.54, 1.807) is 26.5 Å². The zero-order chi connectivity index (χ0) is 29.3. The molecule has 0 saturated carbocycles. The molecular formula is C27H30Cl2N6O6. The minimum Gasteiger partial charge on any atom is -0.495 e. The van der Waals surface area contributed by atoms with Crippen LogP contribution in [0.15, 0.2) is 31.0 Å². The lowest BCUT2D eigenvalue weighted by Gasteiger charge is -2.48. The van der Waals surface area contributed by atoms with Gasteiger partial charge in [-0.05, 0) is 12.1 Å². The topological polar surface area (TPSA) is 129 Å². The van der Waals surface area contributed by atoms with Crippen LogP contribution in [-0.2, 0) is 19.0 Å². The third kappa shape index (κ3) is 5.45. The van der Waals surface area contributed by atoms with Crippen molar-refractivity contribution >= 4 is 51.6 Å². The standard InChI is InChI=1S/C27H30Cl2N6O6/c1-6-21(36)32-17-11-41-10-16(17)31-20-7-14-15(9-30-20)33-25(34-26(14)35-12-27(13-35,39-4)40-5)22-23(28)18(37-2)8-19(38-3)24(22)29/h6-9,16-17H,1,10-13H2,2-5H3,(H,30,31)(H,32,36)/t16-,17+/m1/s1. The van der Waals surface area contributed by atoms with E-state index in [9.17, 15) is 4.79 Å². The molecule has 0 radical (unpaired) electrons. The predicted molar refractivity (Wildman–Crippen MR) is 155 cm³/mol. The summed E-state index contributed by atoms with van der Waals surface area (Å²) in [5, 5.41) is 7.46. The number of fused-ring (bicyclic) bond motifs is 1. The number of hydrogen-bond acceptors (Lipinski definition) is 11. The molecule has 2 aliphatic rings. The van der Waals surface area contributed by atoms with Gasteiger partial charge < -0.3 is 39.2 Å². The monoisotopic (exact) mass is 604 g/mol. The average molecular weight is 605 g/mol. The lowest BCUT2D eigenvalue weighted by Crippen LogP contribution is -2.64. The number of amides is 1. The lowest BCUT2D eigenvalue weighted by molar-refractivity contribution is -0.219. The second-order valence-corrected chi connectivity index (χ2v) is 10.3. The molecule has 0 spiro atoms. The van der Waals surface area contributed by atoms with Gasteiger partial charge in [0.05, 0.1) is 79.9 Å². The molecule has 2 N–H and O–H groups in total. The van der Waals surface area contributed by atoms with Crippen molar-refractivity contribution in [1.29, 1.82) is 0 Å². The number of benzene rings is 1. The molecule has 0 unspecified atom stereocenters. The first kappa shape index (κ1) is 29.1. The number of nitrogens with one attached hydrogen (secondary N) is 2. The Kier molecular flexibility index (Phi) is 8.39. The van der Waals surface area contributed by atoms with Crippen molar-refractivity contribution in [2.45, 2.75) is 17.9 Å². The number of ether oxygens (including phenoxy) is 5. The summed E-state index contributed by atoms with van der Waals surface area (Å²) in [5.41, 5.74) is 0.917. The van der Waals surface area contributed by atoms with Gasteiger partial charge in [0.25, 0.3) is 0 Å². The summed E-state index contributed by atoms with van der Waals surface area (Å²) in [6.45, 7) is 5.13. The molecule has 2 aliphatic heterocycles. The Balaban J connectivity index is 1.59. The van der Waals surface area contributed by atoms with Crippen LogP contribution in [0.4, 0.5) is 11.6 Å². The van der Waals surface area contributed by atoms with Crippen molar-refractivity contribution in [2.24, 2.45) is 0 Å². The first-order valence-electron chi connectivity index (χ1n) is 12.7. The Labute approximate surface area is 246 Å². The number of halogens is 2. The molecule has 2 atom stereocenters. The van der Waals surface area contributed by atoms with Crippen molar-refractivity contribution in [3.05, 3.63) is 41.0 Å². The summed E-state index contributed by atoms with van der Waals surface area (Å²) in [5.74, 6) is 1.13. The fourth-order valence-electron chi connectivity index (χ4n) is 4.83. The molecule has 2 aromatic heterocycles. The normalized spacial score (nSPS) is 19.5. The number of carbonyl (C=O) groups excluding carboxylic acids is 1. The average Bonchev–Trinajstić information content (AvgIpc) is 3.39. The molecule has 2 fully saturated rings. The van der Waals surface area contributed by atoms with Crippen molar-refractivity contribution in [1.82, 2.24) is 20.3 Å². The Morgan fingerprint density at radius 1 is 1.07 bits per heavy atom. The van der Waals surface area contributed by atoms with Crippen LogP contribution in [0.3, 0.4) is 0 Å². The van der Waals surface area contributed by atoms with Gasteiger partial charge in [-0.1, -0.05) is 29.8 Å². The maximum atomic E-state index is 11.9. The van der Waals surface area contributed by atoms with Gasteiger partial charge in [-0.15, -0.1) is 0 Å². The summed E-state index contributed by atoms with van der Waals surface area (Å²) in [4.78, 5) is 28.2. The fraction of sp³-hybridized carbons (Fsp3) is 0.407. The zero-order valence-corrected chi connectivity index (χ0v) is 24.5. The third-order valence-corrected chi connectivity index (χ3v) is 7.94. The minimum absolute atomic E-state index is 0.201. The molecule has 4 heterocycles. The number of methoxy groups -OCH3 is 4. The maximum Gasteiger partial charge on any atom is 0.243 e. The minimum atomic E-state index is -0.766. The smallest absolute Gasteiger partial charge is 0.243 e. The highest BCUT2D eigenvalue weighted by molar-refractivity contribution is 6.41. The molecule has 14 heteroatoms. The summed E-state index contributed by atoms with van der Waals surface area (Å²) < 4.78 is 27.7. The highest BCUT2D eigenvalue weighted by Gasteiger charge is 2.45. The number of pyridine rings is 1. The highest BCUT2D eigenvalue weighted by atomic mass is 35.5. The number of anilines is 2. The SMILES string of the molecule is C=CC(=O)N[C@H]1COC[C@H]1Nc1cc2c(N3CC(OC)(OC)C3)nc(-c3c(Cl)c(OC)cc(OC)c3Cl)nc2cn1. The van der Waals surface area contributed by atoms with Crippen LogP contribution in [0, 0.1) is 0 Å². The molecule has 0 bridgehead atoms. The van der Waals surface area contributed by atoms with Gasteiger partial charge in [-0.25, -0.2) is 15.0 Å². The number of carbonyl (C=O) groups is 1. The second kappa shape index (κ2) is 11.8. The summed E-state index contributed by atoms with van der Waals surface area (Å²) in [7, 11) is 6.20. The Morgan fingerprint density at radius 3 is 2.34 bits per heavy atom. The Bertz CT molecular complexity index is 1450. The van der Waals surface area contributed by atoms with E-state index in [-0.39, 0.29) is 33.9 Å². The molecule has 41 heavy (non-hydrogen) atoms. The number of aromatic nitrogens is 3. The van der Waals surface area contributed by atoms with Crippen LogP contribution >= 0.6 is 23.2 Å². The Hall–Kier alpha value is -3.42. The van der Waals surface area contributed by atoms with Crippen LogP contribution in [0.5, 0.6) is 11.5 Å². The van der Waals surface area contributed by atoms with Crippen LogP contribution in [0.1, 0.15) is 0 Å². The summed E-state index contributed by atoms with van der Waals surface area (Å²) in [6.07, 6.45) is 2.87. The van der Waals surface area contributed by atoms with E-state index in [4.69, 9.17) is 56.9 Å². The van der Waals surface area contributed by atoms with Crippen molar-refractivity contribution < 1.29 is 28.5 Å². The van der Waals surface area contributed by atoms with Crippen LogP contribution < -0.4 is 25.0 Å². The van der Waals surface area contributed by atoms with E-state index in [1.165, 1.54) is 20.3 Å². The number of rotatable bonds is 10. The fourth-order valence-corrected chi connectivity index (χ4v) is 5.50. The van der Waals surface area contributed by atoms with Gasteiger partial charge in [-0.3, -0.25) is 4.79 Å². The van der Waals surface area contributed by atoms with Crippen molar-refractivity contribution in [2.75, 3.05) is 65.0 Å². The molecule has 5 rings (SSSR count). The maximum absolute atomic E-state index is 11.9. The largest absolute Gasteiger partial charge is 0.495 e. The van der Waals surface area contributed by atoms with E-state index in [1.807, 2.05) is 11.0 Å². The van der Waals surface area contributed by atoms with Crippen LogP contribution in [0.25, 0.3) is 22.3 Å². The Morgan fingerprint density at radius 2 is 1.73 bits per heavy atom.